The highest BCUT2D eigenvalue weighted by atomic mass is 35.5. The number of anilines is 2. The zero-order valence-corrected chi connectivity index (χ0v) is 13.8. The predicted molar refractivity (Wildman–Crippen MR) is 91.3 cm³/mol. The normalized spacial score (nSPS) is 10.1. The third-order valence-corrected chi connectivity index (χ3v) is 3.53. The van der Waals surface area contributed by atoms with Crippen LogP contribution in [-0.4, -0.2) is 19.1 Å². The number of urea groups is 1. The van der Waals surface area contributed by atoms with Crippen LogP contribution in [0.4, 0.5) is 16.2 Å². The molecule has 0 unspecified atom stereocenters. The fraction of sp³-hybridized carbons (Fsp3) is 0.176. The standard InChI is InChI=1S/C17H17ClN2O3/c1-10-8-11(2)15(14(18)9-10)20-17(22)19-13-6-4-12(5-7-13)16(21)23-3/h4-9H,1-3H3,(H2,19,20,22). The van der Waals surface area contributed by atoms with Gasteiger partial charge in [-0.3, -0.25) is 0 Å². The molecule has 0 aliphatic rings. The maximum atomic E-state index is 12.1. The molecule has 23 heavy (non-hydrogen) atoms. The molecule has 2 N–H and O–H groups in total. The Balaban J connectivity index is 2.07. The van der Waals surface area contributed by atoms with E-state index in [2.05, 4.69) is 15.4 Å². The average Bonchev–Trinajstić information content (AvgIpc) is 2.51. The third-order valence-electron chi connectivity index (χ3n) is 3.23. The van der Waals surface area contributed by atoms with Crippen molar-refractivity contribution in [1.29, 1.82) is 0 Å². The van der Waals surface area contributed by atoms with Gasteiger partial charge in [0.05, 0.1) is 23.4 Å². The quantitative estimate of drug-likeness (QED) is 0.819. The molecule has 120 valence electrons. The van der Waals surface area contributed by atoms with Gasteiger partial charge < -0.3 is 15.4 Å². The maximum Gasteiger partial charge on any atom is 0.337 e. The molecule has 6 heteroatoms. The van der Waals surface area contributed by atoms with E-state index in [1.54, 1.807) is 30.3 Å². The smallest absolute Gasteiger partial charge is 0.337 e. The van der Waals surface area contributed by atoms with E-state index in [1.807, 2.05) is 19.9 Å². The Morgan fingerprint density at radius 2 is 1.70 bits per heavy atom. The molecule has 0 saturated heterocycles. The molecule has 0 fully saturated rings. The highest BCUT2D eigenvalue weighted by Gasteiger charge is 2.10. The molecule has 2 amide bonds. The summed E-state index contributed by atoms with van der Waals surface area (Å²) in [5.74, 6) is -0.428. The summed E-state index contributed by atoms with van der Waals surface area (Å²) in [5.41, 5.74) is 3.44. The van der Waals surface area contributed by atoms with E-state index in [-0.39, 0.29) is 0 Å². The van der Waals surface area contributed by atoms with Crippen LogP contribution in [0.5, 0.6) is 0 Å². The number of aryl methyl sites for hydroxylation is 2. The first-order chi connectivity index (χ1) is 10.9. The molecule has 0 aliphatic carbocycles. The van der Waals surface area contributed by atoms with Crippen molar-refractivity contribution >= 4 is 35.0 Å². The Kier molecular flexibility index (Phi) is 5.24. The van der Waals surface area contributed by atoms with Gasteiger partial charge in [-0.25, -0.2) is 9.59 Å². The van der Waals surface area contributed by atoms with Crippen molar-refractivity contribution in [2.75, 3.05) is 17.7 Å². The topological polar surface area (TPSA) is 67.4 Å². The van der Waals surface area contributed by atoms with Crippen LogP contribution in [-0.2, 0) is 4.74 Å². The van der Waals surface area contributed by atoms with Gasteiger partial charge in [0.2, 0.25) is 0 Å². The van der Waals surface area contributed by atoms with E-state index < -0.39 is 12.0 Å². The summed E-state index contributed by atoms with van der Waals surface area (Å²) in [6.07, 6.45) is 0. The van der Waals surface area contributed by atoms with Crippen LogP contribution >= 0.6 is 11.6 Å². The maximum absolute atomic E-state index is 12.1. The number of nitrogens with one attached hydrogen (secondary N) is 2. The molecule has 2 aromatic rings. The molecule has 0 aliphatic heterocycles. The van der Waals surface area contributed by atoms with Crippen molar-refractivity contribution < 1.29 is 14.3 Å². The number of esters is 1. The molecular weight excluding hydrogens is 316 g/mol. The van der Waals surface area contributed by atoms with Gasteiger partial charge >= 0.3 is 12.0 Å². The number of carbonyl (C=O) groups excluding carboxylic acids is 2. The SMILES string of the molecule is COC(=O)c1ccc(NC(=O)Nc2c(C)cc(C)cc2Cl)cc1. The zero-order chi connectivity index (χ0) is 17.0. The molecule has 5 nitrogen and oxygen atoms in total. The molecule has 0 spiro atoms. The lowest BCUT2D eigenvalue weighted by molar-refractivity contribution is 0.0601. The van der Waals surface area contributed by atoms with Gasteiger partial charge in [-0.15, -0.1) is 0 Å². The third kappa shape index (κ3) is 4.23. The van der Waals surface area contributed by atoms with E-state index in [0.29, 0.717) is 22.0 Å². The van der Waals surface area contributed by atoms with Crippen LogP contribution in [0.25, 0.3) is 0 Å². The minimum atomic E-state index is -0.428. The number of amides is 2. The molecule has 2 rings (SSSR count). The lowest BCUT2D eigenvalue weighted by Gasteiger charge is -2.12. The van der Waals surface area contributed by atoms with Crippen LogP contribution in [0, 0.1) is 13.8 Å². The largest absolute Gasteiger partial charge is 0.465 e. The Morgan fingerprint density at radius 3 is 2.26 bits per heavy atom. The molecule has 0 atom stereocenters. The second kappa shape index (κ2) is 7.15. The van der Waals surface area contributed by atoms with Gasteiger partial charge in [-0.2, -0.15) is 0 Å². The molecule has 0 radical (unpaired) electrons. The van der Waals surface area contributed by atoms with Crippen molar-refractivity contribution in [3.63, 3.8) is 0 Å². The zero-order valence-electron chi connectivity index (χ0n) is 13.1. The summed E-state index contributed by atoms with van der Waals surface area (Å²) in [7, 11) is 1.32. The van der Waals surface area contributed by atoms with E-state index in [1.165, 1.54) is 7.11 Å². The fourth-order valence-corrected chi connectivity index (χ4v) is 2.53. The van der Waals surface area contributed by atoms with E-state index in [9.17, 15) is 9.59 Å². The van der Waals surface area contributed by atoms with Crippen molar-refractivity contribution in [3.8, 4) is 0 Å². The highest BCUT2D eigenvalue weighted by molar-refractivity contribution is 6.34. The number of hydrogen-bond acceptors (Lipinski definition) is 3. The fourth-order valence-electron chi connectivity index (χ4n) is 2.16. The Hall–Kier alpha value is -2.53. The van der Waals surface area contributed by atoms with E-state index in [0.717, 1.165) is 11.1 Å². The number of ether oxygens (including phenoxy) is 1. The summed E-state index contributed by atoms with van der Waals surface area (Å²) >= 11 is 6.16. The summed E-state index contributed by atoms with van der Waals surface area (Å²) in [4.78, 5) is 23.4. The van der Waals surface area contributed by atoms with Gasteiger partial charge in [0, 0.05) is 5.69 Å². The highest BCUT2D eigenvalue weighted by Crippen LogP contribution is 2.27. The number of rotatable bonds is 3. The minimum absolute atomic E-state index is 0.412. The Morgan fingerprint density at radius 1 is 1.04 bits per heavy atom. The second-order valence-corrected chi connectivity index (χ2v) is 5.49. The van der Waals surface area contributed by atoms with Crippen LogP contribution in [0.2, 0.25) is 5.02 Å². The summed E-state index contributed by atoms with van der Waals surface area (Å²) in [5, 5.41) is 5.90. The first-order valence-corrected chi connectivity index (χ1v) is 7.31. The van der Waals surface area contributed by atoms with Crippen LogP contribution < -0.4 is 10.6 Å². The van der Waals surface area contributed by atoms with Crippen molar-refractivity contribution in [3.05, 3.63) is 58.1 Å². The molecule has 0 heterocycles. The van der Waals surface area contributed by atoms with Gasteiger partial charge in [0.1, 0.15) is 0 Å². The van der Waals surface area contributed by atoms with E-state index in [4.69, 9.17) is 11.6 Å². The predicted octanol–water partition coefficient (Wildman–Crippen LogP) is 4.39. The number of halogens is 1. The van der Waals surface area contributed by atoms with Gasteiger partial charge in [0.25, 0.3) is 0 Å². The lowest BCUT2D eigenvalue weighted by Crippen LogP contribution is -2.20. The molecule has 0 bridgehead atoms. The van der Waals surface area contributed by atoms with Crippen LogP contribution in [0.1, 0.15) is 21.5 Å². The molecule has 2 aromatic carbocycles. The van der Waals surface area contributed by atoms with Crippen LogP contribution in [0.15, 0.2) is 36.4 Å². The first-order valence-electron chi connectivity index (χ1n) is 6.94. The van der Waals surface area contributed by atoms with Gasteiger partial charge in [-0.05, 0) is 55.3 Å². The first kappa shape index (κ1) is 16.8. The van der Waals surface area contributed by atoms with E-state index >= 15 is 0 Å². The number of hydrogen-bond donors (Lipinski definition) is 2. The summed E-state index contributed by atoms with van der Waals surface area (Å²) < 4.78 is 4.62. The number of benzene rings is 2. The Bertz CT molecular complexity index is 719. The van der Waals surface area contributed by atoms with Gasteiger partial charge in [-0.1, -0.05) is 17.7 Å². The van der Waals surface area contributed by atoms with Crippen LogP contribution in [0.3, 0.4) is 0 Å². The Labute approximate surface area is 139 Å². The lowest BCUT2D eigenvalue weighted by atomic mass is 10.1. The average molecular weight is 333 g/mol. The van der Waals surface area contributed by atoms with Gasteiger partial charge in [0.15, 0.2) is 0 Å². The molecule has 0 aromatic heterocycles. The number of carbonyl (C=O) groups is 2. The summed E-state index contributed by atoms with van der Waals surface area (Å²) in [6.45, 7) is 3.81. The van der Waals surface area contributed by atoms with Crippen molar-refractivity contribution in [1.82, 2.24) is 0 Å². The minimum Gasteiger partial charge on any atom is -0.465 e. The summed E-state index contributed by atoms with van der Waals surface area (Å²) in [6, 6.07) is 9.70. The molecule has 0 saturated carbocycles. The second-order valence-electron chi connectivity index (χ2n) is 5.09. The van der Waals surface area contributed by atoms with Crippen molar-refractivity contribution in [2.45, 2.75) is 13.8 Å². The monoisotopic (exact) mass is 332 g/mol. The molecular formula is C17H17ClN2O3. The van der Waals surface area contributed by atoms with Crippen molar-refractivity contribution in [2.24, 2.45) is 0 Å². The number of methoxy groups -OCH3 is 1.